The predicted octanol–water partition coefficient (Wildman–Crippen LogP) is 4.39. The highest BCUT2D eigenvalue weighted by Crippen LogP contribution is 2.50. The van der Waals surface area contributed by atoms with E-state index in [1.165, 1.54) is 29.5 Å². The number of rotatable bonds is 3. The Morgan fingerprint density at radius 1 is 1.12 bits per heavy atom. The largest absolute Gasteiger partial charge is 0.454 e. The zero-order valence-corrected chi connectivity index (χ0v) is 19.0. The molecule has 0 saturated carbocycles. The van der Waals surface area contributed by atoms with E-state index in [9.17, 15) is 9.90 Å². The van der Waals surface area contributed by atoms with Gasteiger partial charge in [-0.05, 0) is 79.1 Å². The molecule has 6 heteroatoms. The lowest BCUT2D eigenvalue weighted by Gasteiger charge is -2.44. The average Bonchev–Trinajstić information content (AvgIpc) is 3.51. The van der Waals surface area contributed by atoms with Gasteiger partial charge >= 0.3 is 0 Å². The van der Waals surface area contributed by atoms with Crippen LogP contribution >= 0.6 is 0 Å². The van der Waals surface area contributed by atoms with E-state index < -0.39 is 0 Å². The number of ether oxygens (including phenoxy) is 2. The van der Waals surface area contributed by atoms with Gasteiger partial charge in [-0.1, -0.05) is 12.1 Å². The number of likely N-dealkylation sites (N-methyl/N-ethyl adjacent to an activating group) is 1. The van der Waals surface area contributed by atoms with Gasteiger partial charge in [0.2, 0.25) is 6.79 Å². The van der Waals surface area contributed by atoms with Crippen LogP contribution in [0.25, 0.3) is 5.57 Å². The molecule has 1 amide bonds. The molecule has 2 aromatic carbocycles. The van der Waals surface area contributed by atoms with Crippen LogP contribution in [-0.2, 0) is 0 Å². The zero-order valence-electron chi connectivity index (χ0n) is 19.0. The van der Waals surface area contributed by atoms with Crippen LogP contribution in [0, 0.1) is 5.92 Å². The minimum Gasteiger partial charge on any atom is -0.454 e. The maximum absolute atomic E-state index is 13.7. The van der Waals surface area contributed by atoms with Gasteiger partial charge in [0.15, 0.2) is 11.5 Å². The van der Waals surface area contributed by atoms with Gasteiger partial charge in [-0.25, -0.2) is 0 Å². The summed E-state index contributed by atoms with van der Waals surface area (Å²) in [4.78, 5) is 17.9. The van der Waals surface area contributed by atoms with Crippen molar-refractivity contribution in [3.63, 3.8) is 0 Å². The fourth-order valence-corrected chi connectivity index (χ4v) is 6.18. The molecule has 1 aliphatic carbocycles. The lowest BCUT2D eigenvalue weighted by Crippen LogP contribution is -2.48. The Kier molecular flexibility index (Phi) is 5.06. The van der Waals surface area contributed by atoms with Crippen molar-refractivity contribution in [3.8, 4) is 11.5 Å². The first-order chi connectivity index (χ1) is 16.2. The van der Waals surface area contributed by atoms with Crippen LogP contribution in [-0.4, -0.2) is 48.9 Å². The lowest BCUT2D eigenvalue weighted by atomic mass is 9.80. The molecule has 3 atom stereocenters. The molecule has 1 fully saturated rings. The van der Waals surface area contributed by atoms with Gasteiger partial charge in [0.1, 0.15) is 0 Å². The highest BCUT2D eigenvalue weighted by atomic mass is 16.7. The number of aliphatic hydroxyl groups excluding tert-OH is 1. The van der Waals surface area contributed by atoms with E-state index in [0.29, 0.717) is 23.6 Å². The van der Waals surface area contributed by atoms with Crippen LogP contribution in [0.1, 0.15) is 59.6 Å². The molecule has 33 heavy (non-hydrogen) atoms. The number of anilines is 1. The predicted molar refractivity (Wildman–Crippen MR) is 127 cm³/mol. The fraction of sp³-hybridized carbons (Fsp3) is 0.444. The minimum absolute atomic E-state index is 0.00296. The van der Waals surface area contributed by atoms with Crippen molar-refractivity contribution in [2.24, 2.45) is 5.92 Å². The molecule has 0 unspecified atom stereocenters. The molecule has 0 bridgehead atoms. The van der Waals surface area contributed by atoms with E-state index in [4.69, 9.17) is 9.47 Å². The SMILES string of the molecule is CN1c2ccc(C3=CCCCC3)cc2[C@@H]2[C@@H](CCN2C(=O)c2ccc3c(c2)OCO3)[C@@H]1CO. The Labute approximate surface area is 194 Å². The minimum atomic E-state index is -0.0459. The summed E-state index contributed by atoms with van der Waals surface area (Å²) in [6, 6.07) is 12.1. The highest BCUT2D eigenvalue weighted by Gasteiger charge is 2.48. The van der Waals surface area contributed by atoms with Crippen LogP contribution in [0.4, 0.5) is 5.69 Å². The van der Waals surface area contributed by atoms with Crippen molar-refractivity contribution in [1.82, 2.24) is 4.90 Å². The third kappa shape index (κ3) is 3.31. The number of carbonyl (C=O) groups excluding carboxylic acids is 1. The van der Waals surface area contributed by atoms with Crippen molar-refractivity contribution >= 4 is 17.2 Å². The topological polar surface area (TPSA) is 62.2 Å². The van der Waals surface area contributed by atoms with E-state index >= 15 is 0 Å². The summed E-state index contributed by atoms with van der Waals surface area (Å²) in [7, 11) is 2.07. The molecule has 3 heterocycles. The zero-order chi connectivity index (χ0) is 22.5. The maximum atomic E-state index is 13.7. The molecular formula is C27H30N2O4. The van der Waals surface area contributed by atoms with Crippen molar-refractivity contribution < 1.29 is 19.4 Å². The summed E-state index contributed by atoms with van der Waals surface area (Å²) in [6.45, 7) is 0.952. The monoisotopic (exact) mass is 446 g/mol. The number of amides is 1. The molecule has 0 spiro atoms. The van der Waals surface area contributed by atoms with Crippen molar-refractivity contribution in [2.75, 3.05) is 31.9 Å². The van der Waals surface area contributed by atoms with Gasteiger partial charge in [0, 0.05) is 30.8 Å². The van der Waals surface area contributed by atoms with Gasteiger partial charge in [0.05, 0.1) is 18.7 Å². The Hall–Kier alpha value is -2.99. The van der Waals surface area contributed by atoms with Gasteiger partial charge < -0.3 is 24.4 Å². The number of benzene rings is 2. The Morgan fingerprint density at radius 3 is 2.82 bits per heavy atom. The van der Waals surface area contributed by atoms with Gasteiger partial charge in [-0.2, -0.15) is 0 Å². The molecule has 0 aromatic heterocycles. The van der Waals surface area contributed by atoms with Crippen molar-refractivity contribution in [2.45, 2.75) is 44.2 Å². The summed E-state index contributed by atoms with van der Waals surface area (Å²) < 4.78 is 10.9. The summed E-state index contributed by atoms with van der Waals surface area (Å²) in [5, 5.41) is 10.3. The van der Waals surface area contributed by atoms with Gasteiger partial charge in [-0.15, -0.1) is 0 Å². The number of aliphatic hydroxyl groups is 1. The van der Waals surface area contributed by atoms with Crippen LogP contribution in [0.15, 0.2) is 42.5 Å². The molecular weight excluding hydrogens is 416 g/mol. The first kappa shape index (κ1) is 20.6. The molecule has 2 aromatic rings. The van der Waals surface area contributed by atoms with E-state index in [1.807, 2.05) is 17.0 Å². The summed E-state index contributed by atoms with van der Waals surface area (Å²) in [5.74, 6) is 1.51. The molecule has 6 rings (SSSR count). The van der Waals surface area contributed by atoms with E-state index in [1.54, 1.807) is 6.07 Å². The molecule has 3 aliphatic heterocycles. The third-order valence-corrected chi connectivity index (χ3v) is 7.89. The number of likely N-dealkylation sites (tertiary alicyclic amines) is 1. The van der Waals surface area contributed by atoms with Gasteiger partial charge in [0.25, 0.3) is 5.91 Å². The fourth-order valence-electron chi connectivity index (χ4n) is 6.18. The molecule has 172 valence electrons. The summed E-state index contributed by atoms with van der Waals surface area (Å²) in [5.41, 5.74) is 5.61. The molecule has 0 radical (unpaired) electrons. The smallest absolute Gasteiger partial charge is 0.254 e. The number of fused-ring (bicyclic) bond motifs is 4. The molecule has 1 saturated heterocycles. The second-order valence-corrected chi connectivity index (χ2v) is 9.57. The second kappa shape index (κ2) is 8.10. The van der Waals surface area contributed by atoms with Crippen LogP contribution in [0.5, 0.6) is 11.5 Å². The number of allylic oxidation sites excluding steroid dienone is 2. The van der Waals surface area contributed by atoms with Crippen LogP contribution in [0.3, 0.4) is 0 Å². The highest BCUT2D eigenvalue weighted by molar-refractivity contribution is 5.95. The van der Waals surface area contributed by atoms with E-state index in [2.05, 4.69) is 36.2 Å². The molecule has 6 nitrogen and oxygen atoms in total. The number of nitrogens with zero attached hydrogens (tertiary/aromatic N) is 2. The average molecular weight is 447 g/mol. The quantitative estimate of drug-likeness (QED) is 0.758. The second-order valence-electron chi connectivity index (χ2n) is 9.57. The third-order valence-electron chi connectivity index (χ3n) is 7.89. The Bertz CT molecular complexity index is 1130. The summed E-state index contributed by atoms with van der Waals surface area (Å²) in [6.07, 6.45) is 7.99. The number of hydrogen-bond acceptors (Lipinski definition) is 5. The van der Waals surface area contributed by atoms with Gasteiger partial charge in [-0.3, -0.25) is 4.79 Å². The Morgan fingerprint density at radius 2 is 2.00 bits per heavy atom. The van der Waals surface area contributed by atoms with Crippen molar-refractivity contribution in [3.05, 3.63) is 59.2 Å². The summed E-state index contributed by atoms with van der Waals surface area (Å²) >= 11 is 0. The van der Waals surface area contributed by atoms with Crippen LogP contribution < -0.4 is 14.4 Å². The molecule has 1 N–H and O–H groups in total. The standard InChI is InChI=1S/C27H30N2O4/c1-28-22-9-7-18(17-5-3-2-4-6-17)13-21(22)26-20(23(28)15-30)11-12-29(26)27(31)19-8-10-24-25(14-19)33-16-32-24/h5,7-10,13-14,20,23,26,30H,2-4,6,11-12,15-16H2,1H3/t20-,23-,26-/m0/s1. The van der Waals surface area contributed by atoms with E-state index in [0.717, 1.165) is 24.9 Å². The van der Waals surface area contributed by atoms with Crippen molar-refractivity contribution in [1.29, 1.82) is 0 Å². The van der Waals surface area contributed by atoms with E-state index in [-0.39, 0.29) is 37.3 Å². The first-order valence-electron chi connectivity index (χ1n) is 12.0. The number of hydrogen-bond donors (Lipinski definition) is 1. The Balaban J connectivity index is 1.40. The number of carbonyl (C=O) groups is 1. The maximum Gasteiger partial charge on any atom is 0.254 e. The van der Waals surface area contributed by atoms with Crippen LogP contribution in [0.2, 0.25) is 0 Å². The lowest BCUT2D eigenvalue weighted by molar-refractivity contribution is 0.0693. The normalized spacial score (nSPS) is 25.5. The molecule has 4 aliphatic rings. The first-order valence-corrected chi connectivity index (χ1v) is 12.0.